The number of esters is 3. The number of hydrogen-bond donors (Lipinski definition) is 1. The highest BCUT2D eigenvalue weighted by Crippen LogP contribution is 2.69. The summed E-state index contributed by atoms with van der Waals surface area (Å²) in [6, 6.07) is 0. The van der Waals surface area contributed by atoms with Gasteiger partial charge in [0.15, 0.2) is 0 Å². The van der Waals surface area contributed by atoms with Crippen LogP contribution in [0.3, 0.4) is 0 Å². The van der Waals surface area contributed by atoms with Gasteiger partial charge in [0.25, 0.3) is 0 Å². The summed E-state index contributed by atoms with van der Waals surface area (Å²) < 4.78 is 23.8. The molecule has 8 heteroatoms. The number of carbonyl (C=O) groups excluding carboxylic acids is 3. The Bertz CT molecular complexity index is 1090. The third kappa shape index (κ3) is 2.95. The van der Waals surface area contributed by atoms with Crippen LogP contribution in [0.1, 0.15) is 66.7 Å². The Morgan fingerprint density at radius 1 is 1.06 bits per heavy atom. The van der Waals surface area contributed by atoms with E-state index in [0.29, 0.717) is 30.6 Å². The molecule has 6 rings (SSSR count). The van der Waals surface area contributed by atoms with Crippen LogP contribution in [0, 0.1) is 35.0 Å². The van der Waals surface area contributed by atoms with Gasteiger partial charge in [-0.2, -0.15) is 0 Å². The molecule has 2 aliphatic carbocycles. The lowest BCUT2D eigenvalue weighted by Gasteiger charge is -2.41. The molecule has 3 saturated heterocycles. The number of rotatable bonds is 2. The Labute approximate surface area is 205 Å². The lowest BCUT2D eigenvalue weighted by atomic mass is 9.66. The fourth-order valence-electron chi connectivity index (χ4n) is 8.37. The summed E-state index contributed by atoms with van der Waals surface area (Å²) in [4.78, 5) is 37.2. The van der Waals surface area contributed by atoms with Crippen molar-refractivity contribution in [2.24, 2.45) is 35.0 Å². The summed E-state index contributed by atoms with van der Waals surface area (Å²) in [6.07, 6.45) is 5.68. The maximum Gasteiger partial charge on any atom is 0.339 e. The molecule has 190 valence electrons. The molecule has 5 fully saturated rings. The van der Waals surface area contributed by atoms with Crippen molar-refractivity contribution in [1.29, 1.82) is 0 Å². The first-order valence-corrected chi connectivity index (χ1v) is 12.8. The van der Waals surface area contributed by atoms with E-state index in [1.807, 2.05) is 27.7 Å². The molecule has 0 aromatic carbocycles. The van der Waals surface area contributed by atoms with Gasteiger partial charge >= 0.3 is 17.9 Å². The van der Waals surface area contributed by atoms with Crippen molar-refractivity contribution in [3.05, 3.63) is 23.5 Å². The maximum atomic E-state index is 12.7. The third-order valence-corrected chi connectivity index (χ3v) is 10.1. The van der Waals surface area contributed by atoms with Gasteiger partial charge in [0, 0.05) is 34.7 Å². The lowest BCUT2D eigenvalue weighted by Crippen LogP contribution is -2.50. The highest BCUT2D eigenvalue weighted by Gasteiger charge is 2.77. The molecule has 0 aromatic rings. The zero-order valence-electron chi connectivity index (χ0n) is 21.0. The van der Waals surface area contributed by atoms with Crippen LogP contribution in [0.15, 0.2) is 23.5 Å². The Balaban J connectivity index is 1.34. The van der Waals surface area contributed by atoms with Gasteiger partial charge < -0.3 is 24.1 Å². The normalized spacial score (nSPS) is 49.4. The van der Waals surface area contributed by atoms with E-state index in [-0.39, 0.29) is 60.0 Å². The number of aliphatic hydroxyl groups is 1. The second-order valence-electron chi connectivity index (χ2n) is 12.4. The van der Waals surface area contributed by atoms with E-state index in [1.54, 1.807) is 19.1 Å². The van der Waals surface area contributed by atoms with Crippen LogP contribution in [-0.2, 0) is 33.3 Å². The predicted molar refractivity (Wildman–Crippen MR) is 121 cm³/mol. The van der Waals surface area contributed by atoms with E-state index >= 15 is 0 Å². The summed E-state index contributed by atoms with van der Waals surface area (Å²) in [6.45, 7) is 9.54. The topological polar surface area (TPSA) is 108 Å². The molecule has 1 N–H and O–H groups in total. The molecule has 0 aromatic heterocycles. The molecule has 0 unspecified atom stereocenters. The molecule has 6 aliphatic rings. The van der Waals surface area contributed by atoms with Crippen LogP contribution in [0.2, 0.25) is 0 Å². The largest absolute Gasteiger partial charge is 0.459 e. The second-order valence-corrected chi connectivity index (χ2v) is 12.4. The fraction of sp³-hybridized carbons (Fsp3) is 0.741. The smallest absolute Gasteiger partial charge is 0.339 e. The Morgan fingerprint density at radius 2 is 1.77 bits per heavy atom. The summed E-state index contributed by atoms with van der Waals surface area (Å²) >= 11 is 0. The first-order chi connectivity index (χ1) is 16.3. The van der Waals surface area contributed by atoms with Crippen LogP contribution in [-0.4, -0.2) is 46.1 Å². The predicted octanol–water partition coefficient (Wildman–Crippen LogP) is 3.18. The van der Waals surface area contributed by atoms with E-state index in [4.69, 9.17) is 18.9 Å². The molecule has 0 amide bonds. The van der Waals surface area contributed by atoms with Gasteiger partial charge in [0.05, 0.1) is 24.0 Å². The third-order valence-electron chi connectivity index (χ3n) is 10.1. The van der Waals surface area contributed by atoms with Gasteiger partial charge in [-0.15, -0.1) is 0 Å². The number of allylic oxidation sites excluding steroid dienone is 1. The summed E-state index contributed by atoms with van der Waals surface area (Å²) in [5, 5.41) is 12.0. The van der Waals surface area contributed by atoms with Gasteiger partial charge in [0.2, 0.25) is 5.79 Å². The standard InChI is InChI=1S/C27H34O8/c1-13-8-15(32-22(13)29)9-14(2)27-25(5,12-20(28)33-27)19-11-26(31)10-16-17(24(3,4)35-23(16)30)6-7-18(26)21(19)34-27/h8-9,14,16-19,21,31H,6-7,10-12H2,1-5H3/t14-,16+,17-,18-,19+,21-,25-,26-,27+/m1/s1. The monoisotopic (exact) mass is 486 g/mol. The van der Waals surface area contributed by atoms with E-state index in [1.165, 1.54) is 0 Å². The molecular formula is C27H34O8. The highest BCUT2D eigenvalue weighted by atomic mass is 16.7. The number of carbonyl (C=O) groups is 3. The summed E-state index contributed by atoms with van der Waals surface area (Å²) in [7, 11) is 0. The Morgan fingerprint density at radius 3 is 2.46 bits per heavy atom. The lowest BCUT2D eigenvalue weighted by molar-refractivity contribution is -0.257. The molecule has 0 bridgehead atoms. The SMILES string of the molecule is CC1=CC(=C[C@@H](C)[C@@]23OC(=O)C[C@]2(C)[C@H]2C[C@]4(O)C[C@@H]5C(=O)OC(C)(C)[C@@H]5CC[C@@H]4[C@H]2O3)OC1=O. The van der Waals surface area contributed by atoms with Crippen LogP contribution in [0.5, 0.6) is 0 Å². The van der Waals surface area contributed by atoms with E-state index in [2.05, 4.69) is 0 Å². The number of fused-ring (bicyclic) bond motifs is 6. The van der Waals surface area contributed by atoms with Crippen molar-refractivity contribution in [3.63, 3.8) is 0 Å². The molecule has 35 heavy (non-hydrogen) atoms. The number of hydrogen-bond acceptors (Lipinski definition) is 8. The van der Waals surface area contributed by atoms with Gasteiger partial charge in [-0.05, 0) is 58.6 Å². The average Bonchev–Trinajstić information content (AvgIpc) is 3.38. The van der Waals surface area contributed by atoms with E-state index in [9.17, 15) is 19.5 Å². The molecule has 0 spiro atoms. The Kier molecular flexibility index (Phi) is 4.63. The van der Waals surface area contributed by atoms with Crippen LogP contribution in [0.25, 0.3) is 0 Å². The fourth-order valence-corrected chi connectivity index (χ4v) is 8.37. The van der Waals surface area contributed by atoms with Crippen molar-refractivity contribution in [3.8, 4) is 0 Å². The molecular weight excluding hydrogens is 452 g/mol. The minimum atomic E-state index is -1.20. The molecule has 4 heterocycles. The summed E-state index contributed by atoms with van der Waals surface area (Å²) in [5.74, 6) is -2.61. The van der Waals surface area contributed by atoms with Crippen molar-refractivity contribution >= 4 is 17.9 Å². The molecule has 9 atom stereocenters. The van der Waals surface area contributed by atoms with Gasteiger partial charge in [-0.3, -0.25) is 9.59 Å². The number of ether oxygens (including phenoxy) is 4. The second kappa shape index (κ2) is 6.97. The molecule has 0 radical (unpaired) electrons. The van der Waals surface area contributed by atoms with Crippen molar-refractivity contribution in [1.82, 2.24) is 0 Å². The quantitative estimate of drug-likeness (QED) is 0.468. The highest BCUT2D eigenvalue weighted by molar-refractivity contribution is 5.92. The van der Waals surface area contributed by atoms with Gasteiger partial charge in [0.1, 0.15) is 11.4 Å². The molecule has 4 aliphatic heterocycles. The van der Waals surface area contributed by atoms with Crippen LogP contribution in [0.4, 0.5) is 0 Å². The number of cyclic esters (lactones) is 2. The van der Waals surface area contributed by atoms with Crippen molar-refractivity contribution in [2.45, 2.75) is 89.8 Å². The van der Waals surface area contributed by atoms with Gasteiger partial charge in [-0.25, -0.2) is 4.79 Å². The molecule has 2 saturated carbocycles. The first-order valence-electron chi connectivity index (χ1n) is 12.8. The van der Waals surface area contributed by atoms with E-state index in [0.717, 1.165) is 6.42 Å². The average molecular weight is 487 g/mol. The van der Waals surface area contributed by atoms with E-state index < -0.39 is 22.4 Å². The van der Waals surface area contributed by atoms with Gasteiger partial charge in [-0.1, -0.05) is 13.8 Å². The molecule has 8 nitrogen and oxygen atoms in total. The van der Waals surface area contributed by atoms with Crippen LogP contribution < -0.4 is 0 Å². The first kappa shape index (κ1) is 23.2. The zero-order chi connectivity index (χ0) is 25.1. The minimum absolute atomic E-state index is 0.0575. The van der Waals surface area contributed by atoms with Crippen molar-refractivity contribution < 1.29 is 38.4 Å². The van der Waals surface area contributed by atoms with Crippen LogP contribution >= 0.6 is 0 Å². The summed E-state index contributed by atoms with van der Waals surface area (Å²) in [5.41, 5.74) is -1.75. The Hall–Kier alpha value is -2.19. The zero-order valence-corrected chi connectivity index (χ0v) is 21.0. The minimum Gasteiger partial charge on any atom is -0.459 e. The van der Waals surface area contributed by atoms with Crippen molar-refractivity contribution in [2.75, 3.05) is 0 Å². The maximum absolute atomic E-state index is 12.7.